The summed E-state index contributed by atoms with van der Waals surface area (Å²) < 4.78 is 1.99. The molecule has 2 heterocycles. The Labute approximate surface area is 144 Å². The highest BCUT2D eigenvalue weighted by Gasteiger charge is 2.08. The summed E-state index contributed by atoms with van der Waals surface area (Å²) in [7, 11) is 0. The maximum absolute atomic E-state index is 12.0. The summed E-state index contributed by atoms with van der Waals surface area (Å²) in [5.74, 6) is -0.00483. The highest BCUT2D eigenvalue weighted by Crippen LogP contribution is 2.24. The average molecular weight is 341 g/mol. The minimum atomic E-state index is -0.00483. The molecule has 0 aliphatic heterocycles. The predicted octanol–water partition coefficient (Wildman–Crippen LogP) is 2.34. The zero-order chi connectivity index (χ0) is 16.8. The lowest BCUT2D eigenvalue weighted by Crippen LogP contribution is -2.26. The number of nitrogens with zero attached hydrogens (tertiary/aromatic N) is 3. The summed E-state index contributed by atoms with van der Waals surface area (Å²) in [6, 6.07) is 7.58. The number of hydrogen-bond donors (Lipinski definition) is 2. The third-order valence-electron chi connectivity index (χ3n) is 3.53. The first-order valence-corrected chi connectivity index (χ1v) is 8.61. The zero-order valence-corrected chi connectivity index (χ0v) is 14.0. The van der Waals surface area contributed by atoms with Gasteiger partial charge in [0.05, 0.1) is 18.4 Å². The summed E-state index contributed by atoms with van der Waals surface area (Å²) in [5.41, 5.74) is 8.22. The summed E-state index contributed by atoms with van der Waals surface area (Å²) in [6.07, 6.45) is 6.61. The molecule has 0 atom stereocenters. The Morgan fingerprint density at radius 2 is 2.12 bits per heavy atom. The molecule has 0 spiro atoms. The summed E-state index contributed by atoms with van der Waals surface area (Å²) in [5, 5.41) is 5.75. The standard InChI is InChI=1S/C17H19N5OS/c18-14-4-2-13(3-5-14)17-21-15(11-24-17)10-16(23)20-6-1-8-22-9-7-19-12-22/h2-5,7,9,11-12H,1,6,8,10,18H2,(H,20,23). The van der Waals surface area contributed by atoms with Gasteiger partial charge in [0.1, 0.15) is 5.01 Å². The van der Waals surface area contributed by atoms with Crippen LogP contribution in [0.2, 0.25) is 0 Å². The molecule has 3 aromatic rings. The third-order valence-corrected chi connectivity index (χ3v) is 4.47. The smallest absolute Gasteiger partial charge is 0.226 e. The normalized spacial score (nSPS) is 10.7. The van der Waals surface area contributed by atoms with Crippen molar-refractivity contribution >= 4 is 22.9 Å². The van der Waals surface area contributed by atoms with Crippen LogP contribution in [-0.2, 0) is 17.8 Å². The number of thiazole rings is 1. The van der Waals surface area contributed by atoms with Gasteiger partial charge in [-0.05, 0) is 30.7 Å². The number of nitrogens with one attached hydrogen (secondary N) is 1. The lowest BCUT2D eigenvalue weighted by atomic mass is 10.2. The number of benzene rings is 1. The van der Waals surface area contributed by atoms with Crippen LogP contribution in [0, 0.1) is 0 Å². The van der Waals surface area contributed by atoms with E-state index in [0.29, 0.717) is 13.0 Å². The molecule has 0 fully saturated rings. The van der Waals surface area contributed by atoms with E-state index in [0.717, 1.165) is 34.9 Å². The monoisotopic (exact) mass is 341 g/mol. The number of carbonyl (C=O) groups excluding carboxylic acids is 1. The fourth-order valence-corrected chi connectivity index (χ4v) is 3.11. The van der Waals surface area contributed by atoms with Crippen LogP contribution >= 0.6 is 11.3 Å². The van der Waals surface area contributed by atoms with Crippen LogP contribution in [0.1, 0.15) is 12.1 Å². The molecule has 7 heteroatoms. The Hall–Kier alpha value is -2.67. The van der Waals surface area contributed by atoms with Crippen molar-refractivity contribution in [3.05, 3.63) is 54.1 Å². The minimum absolute atomic E-state index is 0.00483. The highest BCUT2D eigenvalue weighted by atomic mass is 32.1. The van der Waals surface area contributed by atoms with Gasteiger partial charge in [0.25, 0.3) is 0 Å². The van der Waals surface area contributed by atoms with Gasteiger partial charge in [0.2, 0.25) is 5.91 Å². The molecule has 1 amide bonds. The van der Waals surface area contributed by atoms with E-state index in [1.807, 2.05) is 40.4 Å². The summed E-state index contributed by atoms with van der Waals surface area (Å²) in [6.45, 7) is 1.49. The van der Waals surface area contributed by atoms with E-state index in [1.54, 1.807) is 12.5 Å². The topological polar surface area (TPSA) is 85.8 Å². The van der Waals surface area contributed by atoms with Crippen molar-refractivity contribution in [3.63, 3.8) is 0 Å². The molecule has 3 rings (SSSR count). The molecular formula is C17H19N5OS. The molecule has 0 unspecified atom stereocenters. The van der Waals surface area contributed by atoms with E-state index in [9.17, 15) is 4.79 Å². The Morgan fingerprint density at radius 3 is 2.88 bits per heavy atom. The number of nitrogen functional groups attached to an aromatic ring is 1. The van der Waals surface area contributed by atoms with Crippen LogP contribution in [0.15, 0.2) is 48.4 Å². The fourth-order valence-electron chi connectivity index (χ4n) is 2.28. The number of amides is 1. The molecule has 2 aromatic heterocycles. The molecular weight excluding hydrogens is 322 g/mol. The fraction of sp³-hybridized carbons (Fsp3) is 0.235. The van der Waals surface area contributed by atoms with Gasteiger partial charge in [0, 0.05) is 42.1 Å². The van der Waals surface area contributed by atoms with Gasteiger partial charge >= 0.3 is 0 Å². The van der Waals surface area contributed by atoms with E-state index in [2.05, 4.69) is 15.3 Å². The Morgan fingerprint density at radius 1 is 1.29 bits per heavy atom. The van der Waals surface area contributed by atoms with Crippen molar-refractivity contribution in [2.45, 2.75) is 19.4 Å². The average Bonchev–Trinajstić information content (AvgIpc) is 3.24. The number of nitrogens with two attached hydrogens (primary N) is 1. The SMILES string of the molecule is Nc1ccc(-c2nc(CC(=O)NCCCn3ccnc3)cs2)cc1. The van der Waals surface area contributed by atoms with E-state index < -0.39 is 0 Å². The van der Waals surface area contributed by atoms with E-state index >= 15 is 0 Å². The molecule has 3 N–H and O–H groups in total. The van der Waals surface area contributed by atoms with Crippen LogP contribution in [0.25, 0.3) is 10.6 Å². The van der Waals surface area contributed by atoms with E-state index in [-0.39, 0.29) is 5.91 Å². The van der Waals surface area contributed by atoms with Crippen LogP contribution in [0.3, 0.4) is 0 Å². The first-order valence-electron chi connectivity index (χ1n) is 7.73. The number of carbonyl (C=O) groups is 1. The first-order chi connectivity index (χ1) is 11.7. The van der Waals surface area contributed by atoms with Crippen LogP contribution in [-0.4, -0.2) is 27.0 Å². The maximum Gasteiger partial charge on any atom is 0.226 e. The summed E-state index contributed by atoms with van der Waals surface area (Å²) >= 11 is 1.53. The van der Waals surface area contributed by atoms with Crippen molar-refractivity contribution < 1.29 is 4.79 Å². The van der Waals surface area contributed by atoms with Crippen molar-refractivity contribution in [1.29, 1.82) is 0 Å². The lowest BCUT2D eigenvalue weighted by molar-refractivity contribution is -0.120. The minimum Gasteiger partial charge on any atom is -0.399 e. The molecule has 0 radical (unpaired) electrons. The highest BCUT2D eigenvalue weighted by molar-refractivity contribution is 7.13. The van der Waals surface area contributed by atoms with Crippen molar-refractivity contribution in [3.8, 4) is 10.6 Å². The molecule has 24 heavy (non-hydrogen) atoms. The number of aromatic nitrogens is 3. The van der Waals surface area contributed by atoms with E-state index in [1.165, 1.54) is 11.3 Å². The predicted molar refractivity (Wildman–Crippen MR) is 95.5 cm³/mol. The zero-order valence-electron chi connectivity index (χ0n) is 13.2. The molecule has 0 saturated heterocycles. The molecule has 0 saturated carbocycles. The maximum atomic E-state index is 12.0. The Kier molecular flexibility index (Phi) is 5.22. The number of hydrogen-bond acceptors (Lipinski definition) is 5. The third kappa shape index (κ3) is 4.42. The van der Waals surface area contributed by atoms with Gasteiger partial charge in [-0.2, -0.15) is 0 Å². The van der Waals surface area contributed by atoms with Gasteiger partial charge in [-0.3, -0.25) is 4.79 Å². The van der Waals surface area contributed by atoms with Crippen molar-refractivity contribution in [2.75, 3.05) is 12.3 Å². The lowest BCUT2D eigenvalue weighted by Gasteiger charge is -2.04. The van der Waals surface area contributed by atoms with Crippen LogP contribution in [0.4, 0.5) is 5.69 Å². The molecule has 0 aliphatic rings. The van der Waals surface area contributed by atoms with Crippen LogP contribution < -0.4 is 11.1 Å². The molecule has 0 bridgehead atoms. The summed E-state index contributed by atoms with van der Waals surface area (Å²) in [4.78, 5) is 20.5. The molecule has 0 aliphatic carbocycles. The van der Waals surface area contributed by atoms with Crippen molar-refractivity contribution in [1.82, 2.24) is 19.9 Å². The quantitative estimate of drug-likeness (QED) is 0.510. The molecule has 1 aromatic carbocycles. The van der Waals surface area contributed by atoms with Gasteiger partial charge in [-0.15, -0.1) is 11.3 Å². The second kappa shape index (κ2) is 7.74. The first kappa shape index (κ1) is 16.2. The van der Waals surface area contributed by atoms with Gasteiger partial charge in [0.15, 0.2) is 0 Å². The van der Waals surface area contributed by atoms with Gasteiger partial charge in [-0.25, -0.2) is 9.97 Å². The molecule has 6 nitrogen and oxygen atoms in total. The number of imidazole rings is 1. The number of rotatable bonds is 7. The number of aryl methyl sites for hydroxylation is 1. The Bertz CT molecular complexity index is 780. The van der Waals surface area contributed by atoms with Gasteiger partial charge in [-0.1, -0.05) is 0 Å². The molecule has 124 valence electrons. The largest absolute Gasteiger partial charge is 0.399 e. The Balaban J connectivity index is 1.45. The van der Waals surface area contributed by atoms with Gasteiger partial charge < -0.3 is 15.6 Å². The van der Waals surface area contributed by atoms with Crippen molar-refractivity contribution in [2.24, 2.45) is 0 Å². The van der Waals surface area contributed by atoms with Crippen LogP contribution in [0.5, 0.6) is 0 Å². The second-order valence-electron chi connectivity index (χ2n) is 5.45. The number of anilines is 1. The second-order valence-corrected chi connectivity index (χ2v) is 6.30. The van der Waals surface area contributed by atoms with E-state index in [4.69, 9.17) is 5.73 Å².